The molecule has 2 aromatic rings. The van der Waals surface area contributed by atoms with Crippen LogP contribution in [0.4, 0.5) is 5.69 Å². The maximum Gasteiger partial charge on any atom is 0.264 e. The van der Waals surface area contributed by atoms with Gasteiger partial charge in [-0.25, -0.2) is 4.99 Å². The van der Waals surface area contributed by atoms with E-state index >= 15 is 0 Å². The topological polar surface area (TPSA) is 81.9 Å². The number of para-hydroxylation sites is 1. The van der Waals surface area contributed by atoms with Crippen molar-refractivity contribution >= 4 is 34.6 Å². The fourth-order valence-corrected chi connectivity index (χ4v) is 2.72. The van der Waals surface area contributed by atoms with Crippen LogP contribution in [-0.2, 0) is 4.79 Å². The lowest BCUT2D eigenvalue weighted by atomic mass is 10.2. The highest BCUT2D eigenvalue weighted by Gasteiger charge is 2.23. The fourth-order valence-electron chi connectivity index (χ4n) is 1.88. The van der Waals surface area contributed by atoms with Gasteiger partial charge in [0.15, 0.2) is 16.7 Å². The SMILES string of the molecule is O=C1NC(=Nc2ccccc2)S/C1=C\c1ccc(O)c(O)c1. The Bertz CT molecular complexity index is 785. The molecule has 110 valence electrons. The zero-order chi connectivity index (χ0) is 15.5. The van der Waals surface area contributed by atoms with Gasteiger partial charge in [0.05, 0.1) is 10.6 Å². The summed E-state index contributed by atoms with van der Waals surface area (Å²) in [5.74, 6) is -0.666. The molecule has 1 saturated heterocycles. The molecule has 22 heavy (non-hydrogen) atoms. The van der Waals surface area contributed by atoms with E-state index in [9.17, 15) is 15.0 Å². The lowest BCUT2D eigenvalue weighted by Crippen LogP contribution is -2.19. The first kappa shape index (κ1) is 14.2. The highest BCUT2D eigenvalue weighted by Crippen LogP contribution is 2.30. The largest absolute Gasteiger partial charge is 0.504 e. The number of aliphatic imine (C=N–C) groups is 1. The number of amidine groups is 1. The molecule has 3 N–H and O–H groups in total. The van der Waals surface area contributed by atoms with Gasteiger partial charge in [-0.2, -0.15) is 0 Å². The van der Waals surface area contributed by atoms with Crippen molar-refractivity contribution in [2.45, 2.75) is 0 Å². The van der Waals surface area contributed by atoms with Crippen LogP contribution in [0.1, 0.15) is 5.56 Å². The van der Waals surface area contributed by atoms with Crippen LogP contribution in [0.3, 0.4) is 0 Å². The Morgan fingerprint density at radius 2 is 1.82 bits per heavy atom. The van der Waals surface area contributed by atoms with E-state index in [1.165, 1.54) is 23.9 Å². The molecule has 1 aliphatic heterocycles. The Balaban J connectivity index is 1.84. The molecule has 1 heterocycles. The molecule has 2 aromatic carbocycles. The predicted molar refractivity (Wildman–Crippen MR) is 87.0 cm³/mol. The van der Waals surface area contributed by atoms with E-state index in [1.807, 2.05) is 30.3 Å². The van der Waals surface area contributed by atoms with Gasteiger partial charge in [0, 0.05) is 0 Å². The third-order valence-corrected chi connectivity index (χ3v) is 3.84. The van der Waals surface area contributed by atoms with E-state index in [0.29, 0.717) is 15.6 Å². The van der Waals surface area contributed by atoms with Gasteiger partial charge in [-0.1, -0.05) is 24.3 Å². The minimum atomic E-state index is -0.243. The summed E-state index contributed by atoms with van der Waals surface area (Å²) < 4.78 is 0. The van der Waals surface area contributed by atoms with E-state index in [-0.39, 0.29) is 17.4 Å². The second kappa shape index (κ2) is 5.95. The number of hydrogen-bond acceptors (Lipinski definition) is 5. The van der Waals surface area contributed by atoms with Crippen molar-refractivity contribution in [1.82, 2.24) is 5.32 Å². The van der Waals surface area contributed by atoms with E-state index in [2.05, 4.69) is 10.3 Å². The van der Waals surface area contributed by atoms with Crippen LogP contribution >= 0.6 is 11.8 Å². The lowest BCUT2D eigenvalue weighted by molar-refractivity contribution is -0.115. The van der Waals surface area contributed by atoms with Crippen molar-refractivity contribution in [3.63, 3.8) is 0 Å². The Morgan fingerprint density at radius 3 is 2.55 bits per heavy atom. The molecule has 6 heteroatoms. The van der Waals surface area contributed by atoms with Gasteiger partial charge in [-0.05, 0) is 47.7 Å². The Morgan fingerprint density at radius 1 is 1.05 bits per heavy atom. The number of aromatic hydroxyl groups is 2. The molecular weight excluding hydrogens is 300 g/mol. The highest BCUT2D eigenvalue weighted by atomic mass is 32.2. The molecule has 1 aliphatic rings. The summed E-state index contributed by atoms with van der Waals surface area (Å²) in [6.45, 7) is 0. The van der Waals surface area contributed by atoms with E-state index in [1.54, 1.807) is 12.1 Å². The molecular formula is C16H12N2O3S. The molecule has 0 bridgehead atoms. The maximum atomic E-state index is 11.9. The molecule has 1 fully saturated rings. The predicted octanol–water partition coefficient (Wildman–Crippen LogP) is 2.99. The van der Waals surface area contributed by atoms with Gasteiger partial charge < -0.3 is 15.5 Å². The van der Waals surface area contributed by atoms with E-state index in [0.717, 1.165) is 5.69 Å². The molecule has 3 rings (SSSR count). The van der Waals surface area contributed by atoms with Crippen LogP contribution in [0, 0.1) is 0 Å². The second-order valence-electron chi connectivity index (χ2n) is 4.57. The number of nitrogens with zero attached hydrogens (tertiary/aromatic N) is 1. The Hall–Kier alpha value is -2.73. The van der Waals surface area contributed by atoms with Crippen molar-refractivity contribution in [3.05, 3.63) is 59.0 Å². The molecule has 0 saturated carbocycles. The molecule has 0 aliphatic carbocycles. The number of phenolic OH excluding ortho intramolecular Hbond substituents is 2. The summed E-state index contributed by atoms with van der Waals surface area (Å²) in [6, 6.07) is 13.7. The molecule has 0 atom stereocenters. The zero-order valence-electron chi connectivity index (χ0n) is 11.4. The maximum absolute atomic E-state index is 11.9. The number of rotatable bonds is 2. The van der Waals surface area contributed by atoms with Crippen LogP contribution in [0.15, 0.2) is 58.4 Å². The van der Waals surface area contributed by atoms with Gasteiger partial charge in [0.2, 0.25) is 0 Å². The van der Waals surface area contributed by atoms with E-state index in [4.69, 9.17) is 0 Å². The minimum absolute atomic E-state index is 0.197. The summed E-state index contributed by atoms with van der Waals surface area (Å²) in [5.41, 5.74) is 1.38. The van der Waals surface area contributed by atoms with Crippen LogP contribution in [0.25, 0.3) is 6.08 Å². The van der Waals surface area contributed by atoms with Gasteiger partial charge in [0.25, 0.3) is 5.91 Å². The zero-order valence-corrected chi connectivity index (χ0v) is 12.2. The van der Waals surface area contributed by atoms with Crippen LogP contribution < -0.4 is 5.32 Å². The summed E-state index contributed by atoms with van der Waals surface area (Å²) in [4.78, 5) is 16.8. The standard InChI is InChI=1S/C16H12N2O3S/c19-12-7-6-10(8-13(12)20)9-14-15(21)18-16(22-14)17-11-4-2-1-3-5-11/h1-9,19-20H,(H,17,18,21)/b14-9-. The third-order valence-electron chi connectivity index (χ3n) is 2.93. The third kappa shape index (κ3) is 3.12. The number of phenols is 2. The molecule has 0 aromatic heterocycles. The first-order valence-electron chi connectivity index (χ1n) is 6.48. The average molecular weight is 312 g/mol. The number of benzene rings is 2. The molecule has 1 amide bonds. The number of carbonyl (C=O) groups excluding carboxylic acids is 1. The normalized spacial score (nSPS) is 17.9. The van der Waals surface area contributed by atoms with Gasteiger partial charge >= 0.3 is 0 Å². The molecule has 0 unspecified atom stereocenters. The fraction of sp³-hybridized carbons (Fsp3) is 0. The number of nitrogens with one attached hydrogen (secondary N) is 1. The molecule has 0 radical (unpaired) electrons. The number of amides is 1. The first-order valence-corrected chi connectivity index (χ1v) is 7.30. The lowest BCUT2D eigenvalue weighted by Gasteiger charge is -1.99. The highest BCUT2D eigenvalue weighted by molar-refractivity contribution is 8.18. The summed E-state index contributed by atoms with van der Waals surface area (Å²) in [5, 5.41) is 22.0. The van der Waals surface area contributed by atoms with Crippen molar-refractivity contribution in [2.24, 2.45) is 4.99 Å². The molecule has 5 nitrogen and oxygen atoms in total. The van der Waals surface area contributed by atoms with E-state index < -0.39 is 0 Å². The van der Waals surface area contributed by atoms with Crippen molar-refractivity contribution in [3.8, 4) is 11.5 Å². The van der Waals surface area contributed by atoms with Gasteiger partial charge in [0.1, 0.15) is 0 Å². The van der Waals surface area contributed by atoms with Crippen LogP contribution in [0.2, 0.25) is 0 Å². The number of thioether (sulfide) groups is 1. The Labute approximate surface area is 131 Å². The Kier molecular flexibility index (Phi) is 3.84. The minimum Gasteiger partial charge on any atom is -0.504 e. The number of hydrogen-bond donors (Lipinski definition) is 3. The second-order valence-corrected chi connectivity index (χ2v) is 5.60. The van der Waals surface area contributed by atoms with Gasteiger partial charge in [-0.3, -0.25) is 4.79 Å². The summed E-state index contributed by atoms with van der Waals surface area (Å²) >= 11 is 1.22. The van der Waals surface area contributed by atoms with Crippen molar-refractivity contribution < 1.29 is 15.0 Å². The van der Waals surface area contributed by atoms with Crippen LogP contribution in [-0.4, -0.2) is 21.3 Å². The average Bonchev–Trinajstić information content (AvgIpc) is 2.84. The monoisotopic (exact) mass is 312 g/mol. The quantitative estimate of drug-likeness (QED) is 0.588. The first-order chi connectivity index (χ1) is 10.6. The van der Waals surface area contributed by atoms with Crippen molar-refractivity contribution in [2.75, 3.05) is 0 Å². The van der Waals surface area contributed by atoms with Gasteiger partial charge in [-0.15, -0.1) is 0 Å². The number of carbonyl (C=O) groups is 1. The van der Waals surface area contributed by atoms with Crippen LogP contribution in [0.5, 0.6) is 11.5 Å². The van der Waals surface area contributed by atoms with Crippen molar-refractivity contribution in [1.29, 1.82) is 0 Å². The summed E-state index contributed by atoms with van der Waals surface area (Å²) in [6.07, 6.45) is 1.63. The summed E-state index contributed by atoms with van der Waals surface area (Å²) in [7, 11) is 0. The molecule has 0 spiro atoms. The smallest absolute Gasteiger partial charge is 0.264 e.